The minimum Gasteiger partial charge on any atom is -0.390 e. The zero-order valence-electron chi connectivity index (χ0n) is 55.1. The van der Waals surface area contributed by atoms with Crippen molar-refractivity contribution in [3.05, 3.63) is 96.3 Å². The number of carbonyl (C=O) groups excluding carboxylic acids is 1. The molecule has 7 unspecified atom stereocenters. The predicted octanol–water partition coefficient (Wildman–Crippen LogP) is 6.30. The monoisotopic (exact) mass is 1670 g/mol. The predicted molar refractivity (Wildman–Crippen MR) is 364 cm³/mol. The number of amides is 1. The number of nitrogens with one attached hydrogen (secondary N) is 1. The van der Waals surface area contributed by atoms with Crippen molar-refractivity contribution < 1.29 is 158 Å². The highest BCUT2D eigenvalue weighted by molar-refractivity contribution is 7.86. The van der Waals surface area contributed by atoms with Crippen LogP contribution >= 0.6 is 46.9 Å². The summed E-state index contributed by atoms with van der Waals surface area (Å²) in [5.41, 5.74) is 7.18. The Balaban J connectivity index is 0.857. The van der Waals surface area contributed by atoms with Crippen LogP contribution in [0.2, 0.25) is 0 Å². The fourth-order valence-electron chi connectivity index (χ4n) is 11.5. The van der Waals surface area contributed by atoms with Crippen LogP contribution in [0.1, 0.15) is 115 Å². The number of fused-ring (bicyclic) bond motifs is 3. The van der Waals surface area contributed by atoms with Crippen molar-refractivity contribution in [2.45, 2.75) is 137 Å². The van der Waals surface area contributed by atoms with Crippen LogP contribution in [0.15, 0.2) is 94.9 Å². The summed E-state index contributed by atoms with van der Waals surface area (Å²) in [6.07, 6.45) is 9.02. The molecule has 2 aromatic carbocycles. The number of anilines is 2. The van der Waals surface area contributed by atoms with E-state index in [0.29, 0.717) is 72.4 Å². The van der Waals surface area contributed by atoms with Crippen LogP contribution in [-0.4, -0.2) is 179 Å². The number of aromatic nitrogens is 4. The lowest BCUT2D eigenvalue weighted by Crippen LogP contribution is -2.30. The second-order valence-electron chi connectivity index (χ2n) is 24.2. The summed E-state index contributed by atoms with van der Waals surface area (Å²) in [6.45, 7) is 3.89. The second kappa shape index (κ2) is 34.1. The Labute approximate surface area is 595 Å². The van der Waals surface area contributed by atoms with E-state index in [1.165, 1.54) is 47.3 Å². The fraction of sp³-hybridized carbons (Fsp3) is 0.519. The summed E-state index contributed by atoms with van der Waals surface area (Å²) in [5, 5.41) is 13.2. The molecular formula is C52H77N8O34P6S4+. The van der Waals surface area contributed by atoms with E-state index in [4.69, 9.17) is 10.5 Å². The minimum absolute atomic E-state index is 0.00455. The average Bonchev–Trinajstić information content (AvgIpc) is 1.59. The number of aliphatic hydroxyl groups excluding tert-OH is 1. The van der Waals surface area contributed by atoms with Crippen LogP contribution in [-0.2, 0) is 119 Å². The fourth-order valence-corrected chi connectivity index (χ4v) is 21.3. The van der Waals surface area contributed by atoms with Crippen LogP contribution in [0.4, 0.5) is 17.2 Å². The summed E-state index contributed by atoms with van der Waals surface area (Å²) in [4.78, 5) is 85.3. The molecule has 10 atom stereocenters. The van der Waals surface area contributed by atoms with E-state index in [1.807, 2.05) is 6.92 Å². The van der Waals surface area contributed by atoms with Crippen molar-refractivity contribution in [2.24, 2.45) is 0 Å². The molecule has 1 fully saturated rings. The molecule has 14 N–H and O–H groups in total. The highest BCUT2D eigenvalue weighted by Gasteiger charge is 2.51. The number of rotatable bonds is 41. The highest BCUT2D eigenvalue weighted by atomic mass is 32.2. The van der Waals surface area contributed by atoms with Crippen molar-refractivity contribution in [3.63, 3.8) is 0 Å². The maximum Gasteiger partial charge on any atom is 0.490 e. The second-order valence-corrected chi connectivity index (χ2v) is 39.6. The van der Waals surface area contributed by atoms with Gasteiger partial charge < -0.3 is 55.2 Å². The first-order valence-electron chi connectivity index (χ1n) is 30.8. The summed E-state index contributed by atoms with van der Waals surface area (Å²) in [5.74, 6) is -1.53. The lowest BCUT2D eigenvalue weighted by molar-refractivity contribution is -0.437. The van der Waals surface area contributed by atoms with Gasteiger partial charge in [0.1, 0.15) is 30.7 Å². The quantitative estimate of drug-likeness (QED) is 0.00761. The summed E-state index contributed by atoms with van der Waals surface area (Å²) in [6, 6.07) is 7.91. The van der Waals surface area contributed by atoms with Crippen LogP contribution in [0, 0.1) is 0 Å². The van der Waals surface area contributed by atoms with Crippen LogP contribution in [0.3, 0.4) is 0 Å². The molecule has 4 aromatic rings. The molecule has 5 heterocycles. The number of nitrogens with two attached hydrogens (primary N) is 1. The number of hydrogen-bond donors (Lipinski definition) is 13. The molecule has 1 saturated heterocycles. The maximum atomic E-state index is 12.9. The van der Waals surface area contributed by atoms with E-state index in [-0.39, 0.29) is 85.9 Å². The summed E-state index contributed by atoms with van der Waals surface area (Å²) in [7, 11) is -55.5. The smallest absolute Gasteiger partial charge is 0.390 e. The number of unbranched alkanes of at least 4 members (excludes halogenated alkanes) is 5. The number of benzene rings is 2. The number of allylic oxidation sites excluding steroid dienone is 6. The van der Waals surface area contributed by atoms with Gasteiger partial charge in [0.2, 0.25) is 11.6 Å². The van der Waals surface area contributed by atoms with E-state index in [9.17, 15) is 119 Å². The lowest BCUT2D eigenvalue weighted by atomic mass is 9.77. The minimum atomic E-state index is -6.56. The van der Waals surface area contributed by atoms with Crippen LogP contribution in [0.25, 0.3) is 11.2 Å². The standard InChI is InChI=1S/C52H76N8O34P6S4/c1-51(2)38-30-36(103(81,82)83)19-21-40(38)58(25-14-28-101(75,76)77)44(51)16-8-6-9-17-45-52(3,39-31-37(104(84,85)86)20-22-41(39)59(45)26-15-29-102(78,79)80)23-11-7-10-18-46(62)54-24-12-4-5-13-27-87-95(63,64)90-97(67,68)92-99(71,72)94-100(73,74)93-98(69,70)91-96(65,66)88-33-43-42(61)32-47(89-43)60-35-57-48-49(53)55-34-56-50(48)60/h6,8-9,16-17,19-22,30-31,34-35,42-43,47,61H,4-5,7,10-15,18,23-29,32-33H2,1-3H3,(H12-,53,54,55,56,62,63,64,65,66,67,68,69,70,71,72,73,74,75,76,77,78,79,80,81,82,83,84,85,86)/p+1/t42-,43+,47+,52?/m0/s1. The molecule has 1 amide bonds. The SMILES string of the molecule is CC1(C)C(C=CC=CC=C2N(CCCS(=O)(=O)O)c3ccc(S(=O)(=O)O)cc3C2(C)CCCCCC(=O)NCCCCCCOP(=O)(O)OP(=O)(O)OP(=O)(O)OP(=O)(O)OP(=O)(O)OP(=O)(O)OC[C@H]2O[C@@H](n3cnc4c(N)ncnc43)C[C@@H]2O)=[N+](CCCS(=O)(=O)O)c2ccc(S(=O)(=O)O)cc21. The van der Waals surface area contributed by atoms with Gasteiger partial charge in [-0.1, -0.05) is 43.9 Å². The topological polar surface area (TPSA) is 640 Å². The van der Waals surface area contributed by atoms with Crippen molar-refractivity contribution in [1.29, 1.82) is 0 Å². The number of hydrogen-bond acceptors (Lipinski definition) is 29. The van der Waals surface area contributed by atoms with E-state index < -0.39 is 146 Å². The molecular weight excluding hydrogens is 1590 g/mol. The Bertz CT molecular complexity index is 4790. The maximum absolute atomic E-state index is 12.9. The van der Waals surface area contributed by atoms with Gasteiger partial charge >= 0.3 is 46.9 Å². The molecule has 104 heavy (non-hydrogen) atoms. The molecule has 3 aliphatic rings. The van der Waals surface area contributed by atoms with Crippen molar-refractivity contribution in [1.82, 2.24) is 24.8 Å². The molecule has 7 rings (SSSR count). The van der Waals surface area contributed by atoms with Gasteiger partial charge in [-0.25, -0.2) is 42.3 Å². The van der Waals surface area contributed by atoms with E-state index >= 15 is 0 Å². The lowest BCUT2D eigenvalue weighted by Gasteiger charge is -2.30. The molecule has 42 nitrogen and oxygen atoms in total. The Kier molecular flexibility index (Phi) is 28.4. The average molecular weight is 1670 g/mol. The Hall–Kier alpha value is -4.63. The Morgan fingerprint density at radius 3 is 1.85 bits per heavy atom. The summed E-state index contributed by atoms with van der Waals surface area (Å²) >= 11 is 0. The number of phosphoric ester groups is 2. The first-order valence-corrected chi connectivity index (χ1v) is 45.9. The van der Waals surface area contributed by atoms with Gasteiger partial charge in [0, 0.05) is 66.9 Å². The summed E-state index contributed by atoms with van der Waals surface area (Å²) < 4.78 is 247. The third-order valence-corrected chi connectivity index (χ3v) is 28.6. The molecule has 0 radical (unpaired) electrons. The van der Waals surface area contributed by atoms with Gasteiger partial charge in [0.15, 0.2) is 17.2 Å². The molecule has 0 bridgehead atoms. The number of carbonyl (C=O) groups is 1. The molecule has 0 aliphatic carbocycles. The number of nitrogens with zero attached hydrogens (tertiary/aromatic N) is 6. The van der Waals surface area contributed by atoms with Crippen LogP contribution in [0.5, 0.6) is 0 Å². The van der Waals surface area contributed by atoms with Gasteiger partial charge in [-0.15, -0.1) is 0 Å². The van der Waals surface area contributed by atoms with Gasteiger partial charge in [-0.2, -0.15) is 59.8 Å². The molecule has 2 aromatic heterocycles. The van der Waals surface area contributed by atoms with Crippen molar-refractivity contribution in [3.8, 4) is 0 Å². The molecule has 3 aliphatic heterocycles. The number of imidazole rings is 1. The van der Waals surface area contributed by atoms with E-state index in [1.54, 1.807) is 53.7 Å². The third kappa shape index (κ3) is 24.7. The van der Waals surface area contributed by atoms with Crippen molar-refractivity contribution >= 4 is 127 Å². The van der Waals surface area contributed by atoms with Crippen LogP contribution < -0.4 is 16.0 Å². The number of phosphoric acid groups is 6. The zero-order chi connectivity index (χ0) is 77.5. The van der Waals surface area contributed by atoms with E-state index in [0.717, 1.165) is 6.33 Å². The van der Waals surface area contributed by atoms with Gasteiger partial charge in [0.05, 0.1) is 52.4 Å². The van der Waals surface area contributed by atoms with Gasteiger partial charge in [0.25, 0.3) is 40.5 Å². The Morgan fingerprint density at radius 1 is 0.683 bits per heavy atom. The third-order valence-electron chi connectivity index (χ3n) is 16.0. The molecule has 0 saturated carbocycles. The molecule has 52 heteroatoms. The first kappa shape index (κ1) is 86.6. The first-order chi connectivity index (χ1) is 47.8. The largest absolute Gasteiger partial charge is 0.490 e. The van der Waals surface area contributed by atoms with E-state index in [2.05, 4.69) is 50.9 Å². The molecule has 582 valence electrons. The van der Waals surface area contributed by atoms with Gasteiger partial charge in [-0.3, -0.25) is 36.6 Å². The zero-order valence-corrected chi connectivity index (χ0v) is 63.7. The highest BCUT2D eigenvalue weighted by Crippen LogP contribution is 2.75. The number of aliphatic hydroxyl groups is 1. The Morgan fingerprint density at radius 2 is 1.24 bits per heavy atom. The number of ether oxygens (including phenoxy) is 1. The van der Waals surface area contributed by atoms with Gasteiger partial charge in [-0.05, 0) is 94.8 Å². The number of nitrogen functional groups attached to an aromatic ring is 1. The normalized spacial score (nSPS) is 22.7. The van der Waals surface area contributed by atoms with Crippen molar-refractivity contribution in [2.75, 3.05) is 55.0 Å². The molecule has 0 spiro atoms.